The summed E-state index contributed by atoms with van der Waals surface area (Å²) in [6.45, 7) is 5.17. The molecule has 0 spiro atoms. The van der Waals surface area contributed by atoms with Gasteiger partial charge in [0, 0.05) is 23.2 Å². The first-order valence-corrected chi connectivity index (χ1v) is 9.04. The fourth-order valence-electron chi connectivity index (χ4n) is 4.18. The lowest BCUT2D eigenvalue weighted by Crippen LogP contribution is -2.52. The highest BCUT2D eigenvalue weighted by Crippen LogP contribution is 2.55. The van der Waals surface area contributed by atoms with Gasteiger partial charge in [0.1, 0.15) is 0 Å². The van der Waals surface area contributed by atoms with Crippen molar-refractivity contribution in [3.05, 3.63) is 35.9 Å². The summed E-state index contributed by atoms with van der Waals surface area (Å²) in [6.07, 6.45) is 1.60. The van der Waals surface area contributed by atoms with Crippen molar-refractivity contribution in [2.45, 2.75) is 46.0 Å². The van der Waals surface area contributed by atoms with Gasteiger partial charge in [-0.3, -0.25) is 20.4 Å². The zero-order valence-electron chi connectivity index (χ0n) is 15.4. The summed E-state index contributed by atoms with van der Waals surface area (Å²) in [7, 11) is 0. The molecule has 0 heterocycles. The summed E-state index contributed by atoms with van der Waals surface area (Å²) in [5.74, 6) is -2.11. The molecule has 2 aliphatic carbocycles. The topological polar surface area (TPSA) is 98.3 Å². The van der Waals surface area contributed by atoms with Crippen molar-refractivity contribution in [3.8, 4) is 0 Å². The third kappa shape index (κ3) is 2.97. The molecule has 4 atom stereocenters. The first-order valence-electron chi connectivity index (χ1n) is 9.04. The number of carboxylic acids is 1. The van der Waals surface area contributed by atoms with Crippen LogP contribution in [0.4, 0.5) is 0 Å². The SMILES string of the molecule is CC1(C)[C@@H](C(=O)NNC(=O)[C@@H]2C[C@@H]2c2ccccc2)CC[C@]1(C)C(=O)[O-]. The van der Waals surface area contributed by atoms with Crippen LogP contribution in [0.5, 0.6) is 0 Å². The second kappa shape index (κ2) is 6.41. The largest absolute Gasteiger partial charge is 0.550 e. The number of rotatable bonds is 4. The van der Waals surface area contributed by atoms with Crippen molar-refractivity contribution < 1.29 is 19.5 Å². The Balaban J connectivity index is 1.55. The molecule has 2 N–H and O–H groups in total. The van der Waals surface area contributed by atoms with Crippen LogP contribution in [0.1, 0.15) is 51.5 Å². The molecule has 0 aromatic heterocycles. The van der Waals surface area contributed by atoms with E-state index in [-0.39, 0.29) is 23.7 Å². The van der Waals surface area contributed by atoms with Gasteiger partial charge >= 0.3 is 0 Å². The fourth-order valence-corrected chi connectivity index (χ4v) is 4.18. The summed E-state index contributed by atoms with van der Waals surface area (Å²) in [5.41, 5.74) is 4.32. The molecule has 1 aromatic rings. The Labute approximate surface area is 153 Å². The summed E-state index contributed by atoms with van der Waals surface area (Å²) in [5, 5.41) is 11.5. The normalized spacial score (nSPS) is 31.9. The van der Waals surface area contributed by atoms with Crippen LogP contribution in [0.25, 0.3) is 0 Å². The lowest BCUT2D eigenvalue weighted by Gasteiger charge is -2.41. The van der Waals surface area contributed by atoms with Crippen molar-refractivity contribution in [2.24, 2.45) is 22.7 Å². The molecule has 2 amide bonds. The third-order valence-corrected chi connectivity index (χ3v) is 6.66. The molecule has 0 bridgehead atoms. The van der Waals surface area contributed by atoms with Crippen LogP contribution in [-0.2, 0) is 14.4 Å². The Morgan fingerprint density at radius 2 is 1.65 bits per heavy atom. The van der Waals surface area contributed by atoms with E-state index in [1.165, 1.54) is 0 Å². The van der Waals surface area contributed by atoms with Gasteiger partial charge in [-0.2, -0.15) is 0 Å². The van der Waals surface area contributed by atoms with E-state index in [0.29, 0.717) is 12.8 Å². The molecular formula is C20H25N2O4-. The molecular weight excluding hydrogens is 332 g/mol. The van der Waals surface area contributed by atoms with Crippen molar-refractivity contribution in [3.63, 3.8) is 0 Å². The lowest BCUT2D eigenvalue weighted by molar-refractivity contribution is -0.323. The van der Waals surface area contributed by atoms with Gasteiger partial charge in [-0.25, -0.2) is 0 Å². The summed E-state index contributed by atoms with van der Waals surface area (Å²) in [6, 6.07) is 9.82. The molecule has 0 saturated heterocycles. The maximum absolute atomic E-state index is 12.5. The van der Waals surface area contributed by atoms with Crippen LogP contribution in [-0.4, -0.2) is 17.8 Å². The average molecular weight is 357 g/mol. The third-order valence-electron chi connectivity index (χ3n) is 6.66. The molecule has 140 valence electrons. The standard InChI is InChI=1S/C20H26N2O4/c1-19(2)15(9-10-20(19,3)18(25)26)17(24)22-21-16(23)14-11-13(14)12-7-5-4-6-8-12/h4-8,13-15H,9-11H2,1-3H3,(H,21,23)(H,22,24)(H,25,26)/p-1/t13-,14-,15-,20-/m1/s1. The minimum absolute atomic E-state index is 0.136. The Kier molecular flexibility index (Phi) is 4.54. The maximum Gasteiger partial charge on any atom is 0.242 e. The van der Waals surface area contributed by atoms with E-state index in [9.17, 15) is 19.5 Å². The molecule has 2 fully saturated rings. The van der Waals surface area contributed by atoms with Gasteiger partial charge in [0.05, 0.1) is 0 Å². The van der Waals surface area contributed by atoms with E-state index in [4.69, 9.17) is 0 Å². The number of aliphatic carboxylic acids is 1. The average Bonchev–Trinajstić information content (AvgIpc) is 3.36. The zero-order chi connectivity index (χ0) is 19.1. The minimum atomic E-state index is -1.13. The van der Waals surface area contributed by atoms with Crippen molar-refractivity contribution >= 4 is 17.8 Å². The first-order chi connectivity index (χ1) is 12.2. The van der Waals surface area contributed by atoms with Crippen molar-refractivity contribution in [1.82, 2.24) is 10.9 Å². The molecule has 0 radical (unpaired) electrons. The van der Waals surface area contributed by atoms with Gasteiger partial charge in [0.25, 0.3) is 0 Å². The summed E-state index contributed by atoms with van der Waals surface area (Å²) >= 11 is 0. The number of carbonyl (C=O) groups is 3. The van der Waals surface area contributed by atoms with Gasteiger partial charge in [-0.15, -0.1) is 0 Å². The number of carbonyl (C=O) groups excluding carboxylic acids is 3. The van der Waals surface area contributed by atoms with E-state index in [0.717, 1.165) is 12.0 Å². The molecule has 0 aliphatic heterocycles. The van der Waals surface area contributed by atoms with E-state index in [1.54, 1.807) is 20.8 Å². The van der Waals surface area contributed by atoms with Gasteiger partial charge in [-0.05, 0) is 36.2 Å². The molecule has 26 heavy (non-hydrogen) atoms. The number of hydrazine groups is 1. The van der Waals surface area contributed by atoms with Crippen molar-refractivity contribution in [1.29, 1.82) is 0 Å². The van der Waals surface area contributed by atoms with Gasteiger partial charge in [0.15, 0.2) is 0 Å². The van der Waals surface area contributed by atoms with E-state index < -0.39 is 22.7 Å². The Hall–Kier alpha value is -2.37. The quantitative estimate of drug-likeness (QED) is 0.789. The van der Waals surface area contributed by atoms with Crippen LogP contribution in [0, 0.1) is 22.7 Å². The Morgan fingerprint density at radius 3 is 2.23 bits per heavy atom. The maximum atomic E-state index is 12.5. The van der Waals surface area contributed by atoms with E-state index in [1.807, 2.05) is 30.3 Å². The van der Waals surface area contributed by atoms with Gasteiger partial charge in [-0.1, -0.05) is 51.1 Å². The first kappa shape index (κ1) is 18.4. The summed E-state index contributed by atoms with van der Waals surface area (Å²) < 4.78 is 0. The van der Waals surface area contributed by atoms with Crippen LogP contribution in [0.15, 0.2) is 30.3 Å². The molecule has 6 heteroatoms. The number of nitrogens with one attached hydrogen (secondary N) is 2. The number of carboxylic acid groups (broad SMARTS) is 1. The predicted octanol–water partition coefficient (Wildman–Crippen LogP) is 1.13. The lowest BCUT2D eigenvalue weighted by atomic mass is 9.65. The monoisotopic (exact) mass is 357 g/mol. The zero-order valence-corrected chi connectivity index (χ0v) is 15.4. The number of benzene rings is 1. The van der Waals surface area contributed by atoms with Gasteiger partial charge in [0.2, 0.25) is 11.8 Å². The molecule has 6 nitrogen and oxygen atoms in total. The molecule has 1 aromatic carbocycles. The molecule has 2 saturated carbocycles. The fraction of sp³-hybridized carbons (Fsp3) is 0.550. The highest BCUT2D eigenvalue weighted by molar-refractivity contribution is 5.88. The van der Waals surface area contributed by atoms with Crippen LogP contribution < -0.4 is 16.0 Å². The summed E-state index contributed by atoms with van der Waals surface area (Å²) in [4.78, 5) is 36.3. The van der Waals surface area contributed by atoms with Crippen LogP contribution in [0.2, 0.25) is 0 Å². The van der Waals surface area contributed by atoms with E-state index >= 15 is 0 Å². The molecule has 0 unspecified atom stereocenters. The number of hydrogen-bond donors (Lipinski definition) is 2. The van der Waals surface area contributed by atoms with Crippen LogP contribution in [0.3, 0.4) is 0 Å². The highest BCUT2D eigenvalue weighted by Gasteiger charge is 2.55. The Morgan fingerprint density at radius 1 is 1.04 bits per heavy atom. The van der Waals surface area contributed by atoms with Crippen LogP contribution >= 0.6 is 0 Å². The van der Waals surface area contributed by atoms with Crippen molar-refractivity contribution in [2.75, 3.05) is 0 Å². The number of amides is 2. The molecule has 3 rings (SSSR count). The predicted molar refractivity (Wildman–Crippen MR) is 93.2 cm³/mol. The Bertz CT molecular complexity index is 731. The van der Waals surface area contributed by atoms with E-state index in [2.05, 4.69) is 10.9 Å². The number of hydrogen-bond acceptors (Lipinski definition) is 4. The second-order valence-electron chi connectivity index (χ2n) is 8.27. The van der Waals surface area contributed by atoms with Gasteiger partial charge < -0.3 is 9.90 Å². The second-order valence-corrected chi connectivity index (χ2v) is 8.27. The minimum Gasteiger partial charge on any atom is -0.550 e. The molecule has 2 aliphatic rings. The smallest absolute Gasteiger partial charge is 0.242 e. The highest BCUT2D eigenvalue weighted by atomic mass is 16.4.